The number of aryl methyl sites for hydroxylation is 1. The van der Waals surface area contributed by atoms with Crippen LogP contribution in [-0.4, -0.2) is 36.6 Å². The Morgan fingerprint density at radius 3 is 2.50 bits per heavy atom. The van der Waals surface area contributed by atoms with E-state index < -0.39 is 12.0 Å². The van der Waals surface area contributed by atoms with E-state index in [2.05, 4.69) is 10.6 Å². The summed E-state index contributed by atoms with van der Waals surface area (Å²) in [4.78, 5) is 22.4. The Morgan fingerprint density at radius 1 is 1.28 bits per heavy atom. The van der Waals surface area contributed by atoms with Crippen molar-refractivity contribution in [2.24, 2.45) is 0 Å². The molecule has 0 fully saturated rings. The van der Waals surface area contributed by atoms with Crippen molar-refractivity contribution in [1.29, 1.82) is 0 Å². The number of carbonyl (C=O) groups is 2. The Bertz CT molecular complexity index is 392. The first-order valence-corrected chi connectivity index (χ1v) is 5.84. The number of aliphatic carboxylic acids is 1. The summed E-state index contributed by atoms with van der Waals surface area (Å²) < 4.78 is 0. The van der Waals surface area contributed by atoms with Gasteiger partial charge < -0.3 is 15.7 Å². The molecule has 3 N–H and O–H groups in total. The van der Waals surface area contributed by atoms with Crippen molar-refractivity contribution in [1.82, 2.24) is 10.6 Å². The quantitative estimate of drug-likeness (QED) is 0.655. The van der Waals surface area contributed by atoms with Gasteiger partial charge in [-0.3, -0.25) is 4.79 Å². The molecule has 0 heterocycles. The zero-order chi connectivity index (χ0) is 13.4. The summed E-state index contributed by atoms with van der Waals surface area (Å²) >= 11 is 0. The number of hydrogen-bond acceptors (Lipinski definition) is 3. The lowest BCUT2D eigenvalue weighted by atomic mass is 10.1. The minimum absolute atomic E-state index is 0.120. The molecule has 5 nitrogen and oxygen atoms in total. The average Bonchev–Trinajstić information content (AvgIpc) is 2.35. The highest BCUT2D eigenvalue weighted by Gasteiger charge is 2.19. The van der Waals surface area contributed by atoms with Gasteiger partial charge in [0.1, 0.15) is 6.04 Å². The van der Waals surface area contributed by atoms with Crippen LogP contribution in [0.3, 0.4) is 0 Å². The molecule has 1 rings (SSSR count). The molecule has 0 bridgehead atoms. The van der Waals surface area contributed by atoms with Crippen molar-refractivity contribution in [3.05, 3.63) is 35.9 Å². The number of carboxylic acid groups (broad SMARTS) is 1. The first kappa shape index (κ1) is 14.2. The monoisotopic (exact) mass is 250 g/mol. The molecule has 1 unspecified atom stereocenters. The van der Waals surface area contributed by atoms with Gasteiger partial charge in [-0.2, -0.15) is 0 Å². The third kappa shape index (κ3) is 4.97. The highest BCUT2D eigenvalue weighted by Crippen LogP contribution is 2.05. The van der Waals surface area contributed by atoms with E-state index in [0.29, 0.717) is 12.8 Å². The highest BCUT2D eigenvalue weighted by molar-refractivity contribution is 5.84. The predicted octanol–water partition coefficient (Wildman–Crippen LogP) is 0.408. The van der Waals surface area contributed by atoms with Gasteiger partial charge in [-0.25, -0.2) is 4.79 Å². The van der Waals surface area contributed by atoms with Crippen LogP contribution in [0.2, 0.25) is 0 Å². The van der Waals surface area contributed by atoms with Gasteiger partial charge in [0.2, 0.25) is 5.91 Å². The van der Waals surface area contributed by atoms with Crippen molar-refractivity contribution in [2.75, 3.05) is 13.6 Å². The summed E-state index contributed by atoms with van der Waals surface area (Å²) in [6.07, 6.45) is 1.01. The Kier molecular flexibility index (Phi) is 5.87. The fourth-order valence-electron chi connectivity index (χ4n) is 1.62. The Morgan fingerprint density at radius 2 is 1.94 bits per heavy atom. The molecule has 0 radical (unpaired) electrons. The molecule has 1 aromatic carbocycles. The number of rotatable bonds is 7. The molecule has 1 atom stereocenters. The molecule has 18 heavy (non-hydrogen) atoms. The van der Waals surface area contributed by atoms with Gasteiger partial charge in [-0.1, -0.05) is 30.3 Å². The Balaban J connectivity index is 2.48. The molecule has 0 aromatic heterocycles. The van der Waals surface area contributed by atoms with Gasteiger partial charge in [0.05, 0.1) is 6.54 Å². The van der Waals surface area contributed by atoms with Crippen LogP contribution in [0.5, 0.6) is 0 Å². The van der Waals surface area contributed by atoms with Gasteiger partial charge in [-0.05, 0) is 25.5 Å². The van der Waals surface area contributed by atoms with Crippen LogP contribution in [0.25, 0.3) is 0 Å². The highest BCUT2D eigenvalue weighted by atomic mass is 16.4. The maximum Gasteiger partial charge on any atom is 0.326 e. The second-order valence-electron chi connectivity index (χ2n) is 4.01. The number of benzene rings is 1. The normalized spacial score (nSPS) is 11.8. The summed E-state index contributed by atoms with van der Waals surface area (Å²) in [5, 5.41) is 14.2. The van der Waals surface area contributed by atoms with Crippen LogP contribution in [0, 0.1) is 0 Å². The third-order valence-corrected chi connectivity index (χ3v) is 2.54. The SMILES string of the molecule is CNCC(=O)NC(CCc1ccccc1)C(=O)O. The first-order valence-electron chi connectivity index (χ1n) is 5.84. The molecule has 0 aliphatic carbocycles. The van der Waals surface area contributed by atoms with E-state index in [1.807, 2.05) is 30.3 Å². The third-order valence-electron chi connectivity index (χ3n) is 2.54. The van der Waals surface area contributed by atoms with Crippen molar-refractivity contribution < 1.29 is 14.7 Å². The van der Waals surface area contributed by atoms with Gasteiger partial charge in [0.25, 0.3) is 0 Å². The molecule has 0 saturated heterocycles. The van der Waals surface area contributed by atoms with Gasteiger partial charge in [-0.15, -0.1) is 0 Å². The second-order valence-corrected chi connectivity index (χ2v) is 4.01. The fourth-order valence-corrected chi connectivity index (χ4v) is 1.62. The van der Waals surface area contributed by atoms with E-state index >= 15 is 0 Å². The molecule has 98 valence electrons. The lowest BCUT2D eigenvalue weighted by Gasteiger charge is -2.14. The summed E-state index contributed by atoms with van der Waals surface area (Å²) in [6, 6.07) is 8.76. The number of hydrogen-bond donors (Lipinski definition) is 3. The summed E-state index contributed by atoms with van der Waals surface area (Å²) in [7, 11) is 1.64. The van der Waals surface area contributed by atoms with E-state index in [-0.39, 0.29) is 12.5 Å². The molecular weight excluding hydrogens is 232 g/mol. The largest absolute Gasteiger partial charge is 0.480 e. The standard InChI is InChI=1S/C13H18N2O3/c1-14-9-12(16)15-11(13(17)18)8-7-10-5-3-2-4-6-10/h2-6,11,14H,7-9H2,1H3,(H,15,16)(H,17,18). The Labute approximate surface area is 106 Å². The molecule has 5 heteroatoms. The lowest BCUT2D eigenvalue weighted by molar-refractivity contribution is -0.141. The van der Waals surface area contributed by atoms with Gasteiger partial charge in [0.15, 0.2) is 0 Å². The van der Waals surface area contributed by atoms with E-state index in [1.54, 1.807) is 7.05 Å². The molecule has 1 amide bonds. The van der Waals surface area contributed by atoms with E-state index in [1.165, 1.54) is 0 Å². The van der Waals surface area contributed by atoms with Gasteiger partial charge in [0, 0.05) is 0 Å². The van der Waals surface area contributed by atoms with Crippen LogP contribution in [0.1, 0.15) is 12.0 Å². The van der Waals surface area contributed by atoms with Gasteiger partial charge >= 0.3 is 5.97 Å². The second kappa shape index (κ2) is 7.45. The molecule has 0 spiro atoms. The van der Waals surface area contributed by atoms with Crippen LogP contribution in [-0.2, 0) is 16.0 Å². The van der Waals surface area contributed by atoms with Crippen LogP contribution in [0.15, 0.2) is 30.3 Å². The number of carboxylic acids is 1. The minimum Gasteiger partial charge on any atom is -0.480 e. The fraction of sp³-hybridized carbons (Fsp3) is 0.385. The predicted molar refractivity (Wildman–Crippen MR) is 68.3 cm³/mol. The van der Waals surface area contributed by atoms with Crippen LogP contribution in [0.4, 0.5) is 0 Å². The van der Waals surface area contributed by atoms with Crippen LogP contribution < -0.4 is 10.6 Å². The number of likely N-dealkylation sites (N-methyl/N-ethyl adjacent to an activating group) is 1. The topological polar surface area (TPSA) is 78.4 Å². The number of nitrogens with one attached hydrogen (secondary N) is 2. The Hall–Kier alpha value is -1.88. The molecule has 0 aliphatic heterocycles. The maximum atomic E-state index is 11.3. The van der Waals surface area contributed by atoms with Crippen molar-refractivity contribution in [3.8, 4) is 0 Å². The van der Waals surface area contributed by atoms with E-state index in [9.17, 15) is 9.59 Å². The smallest absolute Gasteiger partial charge is 0.326 e. The zero-order valence-corrected chi connectivity index (χ0v) is 10.3. The number of amides is 1. The van der Waals surface area contributed by atoms with Crippen molar-refractivity contribution >= 4 is 11.9 Å². The molecule has 0 aliphatic rings. The van der Waals surface area contributed by atoms with E-state index in [4.69, 9.17) is 5.11 Å². The van der Waals surface area contributed by atoms with Crippen molar-refractivity contribution in [3.63, 3.8) is 0 Å². The van der Waals surface area contributed by atoms with E-state index in [0.717, 1.165) is 5.56 Å². The number of carbonyl (C=O) groups excluding carboxylic acids is 1. The molecular formula is C13H18N2O3. The molecule has 1 aromatic rings. The van der Waals surface area contributed by atoms with Crippen LogP contribution >= 0.6 is 0 Å². The summed E-state index contributed by atoms with van der Waals surface area (Å²) in [5.74, 6) is -1.31. The lowest BCUT2D eigenvalue weighted by Crippen LogP contribution is -2.44. The first-order chi connectivity index (χ1) is 8.63. The summed E-state index contributed by atoms with van der Waals surface area (Å²) in [6.45, 7) is 0.120. The average molecular weight is 250 g/mol. The summed E-state index contributed by atoms with van der Waals surface area (Å²) in [5.41, 5.74) is 1.06. The molecule has 0 saturated carbocycles. The van der Waals surface area contributed by atoms with Crippen molar-refractivity contribution in [2.45, 2.75) is 18.9 Å². The maximum absolute atomic E-state index is 11.3. The zero-order valence-electron chi connectivity index (χ0n) is 10.3. The minimum atomic E-state index is -1.00.